The number of benzene rings is 4. The molecule has 0 aliphatic rings. The lowest BCUT2D eigenvalue weighted by molar-refractivity contribution is 0.102. The topological polar surface area (TPSA) is 47.6 Å². The molecule has 34 heavy (non-hydrogen) atoms. The fraction of sp³-hybridized carbons (Fsp3) is 0.107. The van der Waals surface area contributed by atoms with Crippen LogP contribution < -0.4 is 14.8 Å². The zero-order chi connectivity index (χ0) is 23.8. The second-order valence-electron chi connectivity index (χ2n) is 7.37. The Kier molecular flexibility index (Phi) is 8.12. The molecule has 1 amide bonds. The quantitative estimate of drug-likeness (QED) is 0.261. The molecule has 0 spiro atoms. The van der Waals surface area contributed by atoms with Crippen molar-refractivity contribution >= 4 is 35.0 Å². The summed E-state index contributed by atoms with van der Waals surface area (Å²) in [5.74, 6) is 1.13. The van der Waals surface area contributed by atoms with Crippen LogP contribution in [0.5, 0.6) is 11.5 Å². The first-order valence-corrected chi connectivity index (χ1v) is 12.1. The van der Waals surface area contributed by atoms with Crippen LogP contribution in [0.4, 0.5) is 5.69 Å². The van der Waals surface area contributed by atoms with E-state index < -0.39 is 0 Å². The molecule has 1 N–H and O–H groups in total. The van der Waals surface area contributed by atoms with Crippen LogP contribution >= 0.6 is 23.4 Å². The van der Waals surface area contributed by atoms with Crippen molar-refractivity contribution in [2.45, 2.75) is 23.3 Å². The zero-order valence-electron chi connectivity index (χ0n) is 18.7. The molecule has 0 unspecified atom stereocenters. The van der Waals surface area contributed by atoms with Crippen molar-refractivity contribution in [3.8, 4) is 11.5 Å². The van der Waals surface area contributed by atoms with E-state index in [4.69, 9.17) is 21.1 Å². The van der Waals surface area contributed by atoms with E-state index in [0.29, 0.717) is 28.7 Å². The van der Waals surface area contributed by atoms with E-state index in [0.717, 1.165) is 21.0 Å². The number of rotatable bonds is 9. The molecule has 0 saturated carbocycles. The number of carbonyl (C=O) groups excluding carboxylic acids is 1. The average Bonchev–Trinajstić information content (AvgIpc) is 2.85. The van der Waals surface area contributed by atoms with Gasteiger partial charge in [-0.25, -0.2) is 0 Å². The summed E-state index contributed by atoms with van der Waals surface area (Å²) in [4.78, 5) is 15.2. The molecule has 0 fully saturated rings. The van der Waals surface area contributed by atoms with Crippen molar-refractivity contribution in [3.05, 3.63) is 113 Å². The molecule has 172 valence electrons. The molecule has 0 bridgehead atoms. The minimum absolute atomic E-state index is 0.201. The molecule has 0 saturated heterocycles. The van der Waals surface area contributed by atoms with E-state index in [1.807, 2.05) is 73.7 Å². The second kappa shape index (κ2) is 11.6. The molecule has 0 aromatic heterocycles. The number of carbonyl (C=O) groups is 1. The molecule has 0 aliphatic carbocycles. The van der Waals surface area contributed by atoms with Crippen molar-refractivity contribution < 1.29 is 14.3 Å². The van der Waals surface area contributed by atoms with Gasteiger partial charge in [0.25, 0.3) is 5.91 Å². The number of ether oxygens (including phenoxy) is 2. The lowest BCUT2D eigenvalue weighted by Crippen LogP contribution is -2.13. The lowest BCUT2D eigenvalue weighted by Gasteiger charge is -2.14. The van der Waals surface area contributed by atoms with Gasteiger partial charge >= 0.3 is 0 Å². The zero-order valence-corrected chi connectivity index (χ0v) is 20.2. The van der Waals surface area contributed by atoms with Crippen LogP contribution in [0.15, 0.2) is 107 Å². The molecule has 4 rings (SSSR count). The van der Waals surface area contributed by atoms with Crippen LogP contribution in [0, 0.1) is 0 Å². The Morgan fingerprint density at radius 3 is 2.47 bits per heavy atom. The SMILES string of the molecule is CCOc1ccc(C(=O)Nc2ccccc2Sc2ccccc2)cc1COc1cccc(Cl)c1. The minimum Gasteiger partial charge on any atom is -0.493 e. The Morgan fingerprint density at radius 2 is 1.68 bits per heavy atom. The summed E-state index contributed by atoms with van der Waals surface area (Å²) in [6, 6.07) is 30.4. The maximum Gasteiger partial charge on any atom is 0.255 e. The van der Waals surface area contributed by atoms with Gasteiger partial charge in [0.2, 0.25) is 0 Å². The molecule has 0 heterocycles. The summed E-state index contributed by atoms with van der Waals surface area (Å²) in [6.07, 6.45) is 0. The molecule has 0 radical (unpaired) electrons. The van der Waals surface area contributed by atoms with E-state index in [-0.39, 0.29) is 12.5 Å². The van der Waals surface area contributed by atoms with Gasteiger partial charge in [-0.3, -0.25) is 4.79 Å². The third-order valence-electron chi connectivity index (χ3n) is 4.92. The molecule has 0 atom stereocenters. The average molecular weight is 490 g/mol. The molecule has 6 heteroatoms. The summed E-state index contributed by atoms with van der Waals surface area (Å²) in [7, 11) is 0. The Morgan fingerprint density at radius 1 is 0.882 bits per heavy atom. The molecular weight excluding hydrogens is 466 g/mol. The van der Waals surface area contributed by atoms with Gasteiger partial charge in [-0.05, 0) is 67.6 Å². The highest BCUT2D eigenvalue weighted by Gasteiger charge is 2.14. The van der Waals surface area contributed by atoms with Gasteiger partial charge in [-0.15, -0.1) is 0 Å². The highest BCUT2D eigenvalue weighted by atomic mass is 35.5. The number of amides is 1. The Hall–Kier alpha value is -3.41. The summed E-state index contributed by atoms with van der Waals surface area (Å²) < 4.78 is 11.6. The Balaban J connectivity index is 1.52. The Labute approximate surface area is 208 Å². The molecule has 4 aromatic carbocycles. The van der Waals surface area contributed by atoms with Crippen LogP contribution in [0.2, 0.25) is 5.02 Å². The third kappa shape index (κ3) is 6.34. The number of nitrogens with one attached hydrogen (secondary N) is 1. The van der Waals surface area contributed by atoms with Gasteiger partial charge in [-0.1, -0.05) is 59.8 Å². The van der Waals surface area contributed by atoms with Crippen LogP contribution in [0.25, 0.3) is 0 Å². The van der Waals surface area contributed by atoms with E-state index >= 15 is 0 Å². The van der Waals surface area contributed by atoms with Crippen molar-refractivity contribution in [2.75, 3.05) is 11.9 Å². The summed E-state index contributed by atoms with van der Waals surface area (Å²) in [5.41, 5.74) is 2.06. The van der Waals surface area contributed by atoms with Gasteiger partial charge in [0.1, 0.15) is 18.1 Å². The van der Waals surface area contributed by atoms with Crippen molar-refractivity contribution in [3.63, 3.8) is 0 Å². The summed E-state index contributed by atoms with van der Waals surface area (Å²) >= 11 is 7.66. The largest absolute Gasteiger partial charge is 0.493 e. The van der Waals surface area contributed by atoms with E-state index in [1.54, 1.807) is 42.1 Å². The number of halogens is 1. The summed E-state index contributed by atoms with van der Waals surface area (Å²) in [6.45, 7) is 2.68. The van der Waals surface area contributed by atoms with E-state index in [2.05, 4.69) is 5.32 Å². The van der Waals surface area contributed by atoms with Gasteiger partial charge in [-0.2, -0.15) is 0 Å². The highest BCUT2D eigenvalue weighted by Crippen LogP contribution is 2.33. The molecular formula is C28H24ClNO3S. The molecule has 4 aromatic rings. The Bertz CT molecular complexity index is 1260. The van der Waals surface area contributed by atoms with E-state index in [9.17, 15) is 4.79 Å². The van der Waals surface area contributed by atoms with Crippen molar-refractivity contribution in [1.82, 2.24) is 0 Å². The summed E-state index contributed by atoms with van der Waals surface area (Å²) in [5, 5.41) is 3.65. The third-order valence-corrected chi connectivity index (χ3v) is 6.24. The monoisotopic (exact) mass is 489 g/mol. The maximum absolute atomic E-state index is 13.1. The van der Waals surface area contributed by atoms with Gasteiger partial charge in [0, 0.05) is 25.9 Å². The normalized spacial score (nSPS) is 10.5. The molecule has 0 aliphatic heterocycles. The minimum atomic E-state index is -0.201. The van der Waals surface area contributed by atoms with E-state index in [1.165, 1.54) is 0 Å². The van der Waals surface area contributed by atoms with Gasteiger partial charge in [0.05, 0.1) is 12.3 Å². The first-order chi connectivity index (χ1) is 16.6. The fourth-order valence-corrected chi connectivity index (χ4v) is 4.42. The number of para-hydroxylation sites is 1. The van der Waals surface area contributed by atoms with Crippen LogP contribution in [-0.4, -0.2) is 12.5 Å². The van der Waals surface area contributed by atoms with Gasteiger partial charge in [0.15, 0.2) is 0 Å². The van der Waals surface area contributed by atoms with Crippen LogP contribution in [0.3, 0.4) is 0 Å². The predicted molar refractivity (Wildman–Crippen MR) is 138 cm³/mol. The first kappa shape index (κ1) is 23.7. The van der Waals surface area contributed by atoms with Crippen molar-refractivity contribution in [2.24, 2.45) is 0 Å². The fourth-order valence-electron chi connectivity index (χ4n) is 3.32. The van der Waals surface area contributed by atoms with Crippen molar-refractivity contribution in [1.29, 1.82) is 0 Å². The predicted octanol–water partition coefficient (Wildman–Crippen LogP) is 7.72. The lowest BCUT2D eigenvalue weighted by atomic mass is 10.1. The number of hydrogen-bond acceptors (Lipinski definition) is 4. The highest BCUT2D eigenvalue weighted by molar-refractivity contribution is 7.99. The maximum atomic E-state index is 13.1. The smallest absolute Gasteiger partial charge is 0.255 e. The standard InChI is InChI=1S/C28H24ClNO3S/c1-2-32-26-16-15-20(17-21(26)19-33-23-10-8-9-22(29)18-23)28(31)30-25-13-6-7-14-27(25)34-24-11-4-3-5-12-24/h3-18H,2,19H2,1H3,(H,30,31). The van der Waals surface area contributed by atoms with Gasteiger partial charge < -0.3 is 14.8 Å². The van der Waals surface area contributed by atoms with Crippen LogP contribution in [0.1, 0.15) is 22.8 Å². The number of anilines is 1. The molecule has 4 nitrogen and oxygen atoms in total. The second-order valence-corrected chi connectivity index (χ2v) is 8.92. The van der Waals surface area contributed by atoms with Crippen LogP contribution in [-0.2, 0) is 6.61 Å². The first-order valence-electron chi connectivity index (χ1n) is 10.9. The number of hydrogen-bond donors (Lipinski definition) is 1.